The Morgan fingerprint density at radius 3 is 2.24 bits per heavy atom. The van der Waals surface area contributed by atoms with Gasteiger partial charge in [0.15, 0.2) is 0 Å². The molecule has 2 aliphatic carbocycles. The lowest BCUT2D eigenvalue weighted by molar-refractivity contribution is 0.138. The van der Waals surface area contributed by atoms with Gasteiger partial charge in [-0.25, -0.2) is 0 Å². The highest BCUT2D eigenvalue weighted by Crippen LogP contribution is 2.38. The highest BCUT2D eigenvalue weighted by Gasteiger charge is 2.33. The van der Waals surface area contributed by atoms with Crippen LogP contribution >= 0.6 is 0 Å². The van der Waals surface area contributed by atoms with Crippen LogP contribution in [0.5, 0.6) is 0 Å². The van der Waals surface area contributed by atoms with E-state index in [9.17, 15) is 0 Å². The van der Waals surface area contributed by atoms with Crippen LogP contribution in [-0.4, -0.2) is 12.1 Å². The molecule has 1 N–H and O–H groups in total. The minimum absolute atomic E-state index is 0.796. The Balaban J connectivity index is 1.89. The number of unbranched alkanes of at least 4 members (excludes halogenated alkanes) is 1. The maximum absolute atomic E-state index is 4.14. The molecule has 3 unspecified atom stereocenters. The van der Waals surface area contributed by atoms with Crippen molar-refractivity contribution in [3.8, 4) is 0 Å². The van der Waals surface area contributed by atoms with Gasteiger partial charge in [0, 0.05) is 12.1 Å². The molecule has 0 aromatic rings. The fourth-order valence-corrected chi connectivity index (χ4v) is 4.91. The van der Waals surface area contributed by atoms with Crippen molar-refractivity contribution in [3.05, 3.63) is 0 Å². The Bertz CT molecular complexity index is 257. The van der Waals surface area contributed by atoms with E-state index < -0.39 is 0 Å². The van der Waals surface area contributed by atoms with E-state index in [1.54, 1.807) is 0 Å². The monoisotopic (exact) mass is 293 g/mol. The molecule has 0 aromatic heterocycles. The van der Waals surface area contributed by atoms with Gasteiger partial charge in [0.2, 0.25) is 0 Å². The van der Waals surface area contributed by atoms with Crippen molar-refractivity contribution in [2.45, 2.75) is 116 Å². The molecule has 0 saturated heterocycles. The van der Waals surface area contributed by atoms with Gasteiger partial charge in [0.1, 0.15) is 0 Å². The molecule has 0 bridgehead atoms. The standard InChI is InChI=1S/C20H39N/c1-3-5-14-18(11-4-2)21-20-16-10-9-15-19(20)17-12-7-6-8-13-17/h17-21H,3-16H2,1-2H3. The van der Waals surface area contributed by atoms with Gasteiger partial charge >= 0.3 is 0 Å². The molecule has 2 aliphatic rings. The van der Waals surface area contributed by atoms with Crippen LogP contribution in [0, 0.1) is 11.8 Å². The van der Waals surface area contributed by atoms with Crippen molar-refractivity contribution in [1.29, 1.82) is 0 Å². The first-order chi connectivity index (χ1) is 10.3. The molecule has 21 heavy (non-hydrogen) atoms. The third-order valence-corrected chi connectivity index (χ3v) is 6.07. The third-order valence-electron chi connectivity index (χ3n) is 6.07. The summed E-state index contributed by atoms with van der Waals surface area (Å²) < 4.78 is 0. The van der Waals surface area contributed by atoms with Gasteiger partial charge in [0.25, 0.3) is 0 Å². The van der Waals surface area contributed by atoms with Crippen LogP contribution in [-0.2, 0) is 0 Å². The van der Waals surface area contributed by atoms with Crippen LogP contribution in [0.1, 0.15) is 104 Å². The molecule has 3 atom stereocenters. The van der Waals surface area contributed by atoms with Gasteiger partial charge in [-0.15, -0.1) is 0 Å². The first-order valence-electron chi connectivity index (χ1n) is 10.1. The Morgan fingerprint density at radius 2 is 1.52 bits per heavy atom. The van der Waals surface area contributed by atoms with Crippen LogP contribution < -0.4 is 5.32 Å². The molecule has 2 fully saturated rings. The highest BCUT2D eigenvalue weighted by molar-refractivity contribution is 4.88. The quantitative estimate of drug-likeness (QED) is 0.572. The molecular weight excluding hydrogens is 254 g/mol. The van der Waals surface area contributed by atoms with Crippen molar-refractivity contribution in [1.82, 2.24) is 5.32 Å². The first-order valence-corrected chi connectivity index (χ1v) is 10.1. The Morgan fingerprint density at radius 1 is 0.810 bits per heavy atom. The van der Waals surface area contributed by atoms with E-state index in [-0.39, 0.29) is 0 Å². The van der Waals surface area contributed by atoms with E-state index in [2.05, 4.69) is 19.2 Å². The van der Waals surface area contributed by atoms with Crippen LogP contribution in [0.3, 0.4) is 0 Å². The van der Waals surface area contributed by atoms with E-state index in [1.165, 1.54) is 89.9 Å². The van der Waals surface area contributed by atoms with E-state index in [0.29, 0.717) is 0 Å². The smallest absolute Gasteiger partial charge is 0.0101 e. The van der Waals surface area contributed by atoms with Crippen molar-refractivity contribution < 1.29 is 0 Å². The zero-order valence-corrected chi connectivity index (χ0v) is 14.7. The maximum atomic E-state index is 4.14. The van der Waals surface area contributed by atoms with Gasteiger partial charge in [-0.3, -0.25) is 0 Å². The number of hydrogen-bond acceptors (Lipinski definition) is 1. The molecule has 0 amide bonds. The van der Waals surface area contributed by atoms with Crippen LogP contribution in [0.4, 0.5) is 0 Å². The third kappa shape index (κ3) is 5.58. The average Bonchev–Trinajstić information content (AvgIpc) is 2.54. The summed E-state index contributed by atoms with van der Waals surface area (Å²) in [6.07, 6.45) is 20.3. The van der Waals surface area contributed by atoms with Gasteiger partial charge in [-0.2, -0.15) is 0 Å². The second-order valence-corrected chi connectivity index (χ2v) is 7.75. The van der Waals surface area contributed by atoms with Crippen molar-refractivity contribution in [2.75, 3.05) is 0 Å². The lowest BCUT2D eigenvalue weighted by Gasteiger charge is -2.41. The van der Waals surface area contributed by atoms with E-state index >= 15 is 0 Å². The molecule has 2 rings (SSSR count). The SMILES string of the molecule is CCCCC(CCC)NC1CCCCC1C1CCCCC1. The Kier molecular flexibility index (Phi) is 8.14. The lowest BCUT2D eigenvalue weighted by Crippen LogP contribution is -2.47. The van der Waals surface area contributed by atoms with E-state index in [4.69, 9.17) is 0 Å². The van der Waals surface area contributed by atoms with Gasteiger partial charge in [-0.1, -0.05) is 78.1 Å². The minimum Gasteiger partial charge on any atom is -0.311 e. The molecule has 0 radical (unpaired) electrons. The van der Waals surface area contributed by atoms with Gasteiger partial charge in [0.05, 0.1) is 0 Å². The molecule has 124 valence electrons. The van der Waals surface area contributed by atoms with Crippen molar-refractivity contribution in [3.63, 3.8) is 0 Å². The summed E-state index contributed by atoms with van der Waals surface area (Å²) in [4.78, 5) is 0. The van der Waals surface area contributed by atoms with Crippen molar-refractivity contribution in [2.24, 2.45) is 11.8 Å². The summed E-state index contributed by atoms with van der Waals surface area (Å²) in [6, 6.07) is 1.64. The first kappa shape index (κ1) is 17.3. The fourth-order valence-electron chi connectivity index (χ4n) is 4.91. The van der Waals surface area contributed by atoms with E-state index in [0.717, 1.165) is 23.9 Å². The zero-order chi connectivity index (χ0) is 14.9. The molecule has 0 aliphatic heterocycles. The lowest BCUT2D eigenvalue weighted by atomic mass is 9.70. The summed E-state index contributed by atoms with van der Waals surface area (Å²) in [5, 5.41) is 4.14. The summed E-state index contributed by atoms with van der Waals surface area (Å²) >= 11 is 0. The summed E-state index contributed by atoms with van der Waals surface area (Å²) in [5.41, 5.74) is 0. The summed E-state index contributed by atoms with van der Waals surface area (Å²) in [7, 11) is 0. The Labute approximate surface area is 133 Å². The summed E-state index contributed by atoms with van der Waals surface area (Å²) in [5.74, 6) is 2.05. The topological polar surface area (TPSA) is 12.0 Å². The second kappa shape index (κ2) is 9.87. The molecule has 0 spiro atoms. The average molecular weight is 294 g/mol. The molecule has 0 heterocycles. The normalized spacial score (nSPS) is 29.4. The number of hydrogen-bond donors (Lipinski definition) is 1. The maximum Gasteiger partial charge on any atom is 0.0101 e. The molecule has 1 heteroatoms. The minimum atomic E-state index is 0.796. The van der Waals surface area contributed by atoms with Crippen LogP contribution in [0.25, 0.3) is 0 Å². The fraction of sp³-hybridized carbons (Fsp3) is 1.00. The number of nitrogens with one attached hydrogen (secondary N) is 1. The predicted octanol–water partition coefficient (Wildman–Crippen LogP) is 6.07. The second-order valence-electron chi connectivity index (χ2n) is 7.75. The van der Waals surface area contributed by atoms with Crippen LogP contribution in [0.2, 0.25) is 0 Å². The van der Waals surface area contributed by atoms with Crippen LogP contribution in [0.15, 0.2) is 0 Å². The molecular formula is C20H39N. The van der Waals surface area contributed by atoms with Crippen molar-refractivity contribution >= 4 is 0 Å². The predicted molar refractivity (Wildman–Crippen MR) is 93.7 cm³/mol. The number of rotatable bonds is 8. The highest BCUT2D eigenvalue weighted by atomic mass is 15.0. The van der Waals surface area contributed by atoms with Gasteiger partial charge < -0.3 is 5.32 Å². The largest absolute Gasteiger partial charge is 0.311 e. The zero-order valence-electron chi connectivity index (χ0n) is 14.7. The van der Waals surface area contributed by atoms with E-state index in [1.807, 2.05) is 0 Å². The Hall–Kier alpha value is -0.0400. The van der Waals surface area contributed by atoms with Gasteiger partial charge in [-0.05, 0) is 37.5 Å². The molecule has 2 saturated carbocycles. The molecule has 0 aromatic carbocycles. The molecule has 1 nitrogen and oxygen atoms in total. The summed E-state index contributed by atoms with van der Waals surface area (Å²) in [6.45, 7) is 4.68.